The molecule has 0 radical (unpaired) electrons. The zero-order valence-electron chi connectivity index (χ0n) is 19.2. The summed E-state index contributed by atoms with van der Waals surface area (Å²) in [6.45, 7) is 3.81. The lowest BCUT2D eigenvalue weighted by atomic mass is 10.0. The van der Waals surface area contributed by atoms with Gasteiger partial charge in [0.15, 0.2) is 0 Å². The van der Waals surface area contributed by atoms with Crippen molar-refractivity contribution in [2.75, 3.05) is 6.61 Å². The molecule has 2 aromatic carbocycles. The van der Waals surface area contributed by atoms with E-state index < -0.39 is 0 Å². The number of halogens is 1. The third kappa shape index (κ3) is 6.62. The topological polar surface area (TPSA) is 75.9 Å². The highest BCUT2D eigenvalue weighted by molar-refractivity contribution is 6.32. The van der Waals surface area contributed by atoms with Gasteiger partial charge < -0.3 is 19.6 Å². The quantitative estimate of drug-likeness (QED) is 0.309. The van der Waals surface area contributed by atoms with Gasteiger partial charge >= 0.3 is 0 Å². The largest absolute Gasteiger partial charge is 0.489 e. The van der Waals surface area contributed by atoms with Crippen molar-refractivity contribution in [3.8, 4) is 17.0 Å². The molecule has 0 aliphatic heterocycles. The fourth-order valence-electron chi connectivity index (χ4n) is 3.81. The number of aromatic nitrogens is 2. The van der Waals surface area contributed by atoms with Crippen LogP contribution in [0.4, 0.5) is 0 Å². The van der Waals surface area contributed by atoms with Crippen molar-refractivity contribution in [2.45, 2.75) is 46.3 Å². The standard InChI is InChI=1S/C27H28ClN3O3.CH4/c1-18(2)34-25-11-10-21(16-23(25)28)27(33)29-22(12-14-32)15-19-6-8-20(9-7-19)24-17-31-13-4-3-5-26(31)30-24;/h3-11,13,16-18,22,32H,12,14-15H2,1-2H3,(H,29,33);1H4/t22-;/m1./s1. The summed E-state index contributed by atoms with van der Waals surface area (Å²) in [6, 6.07) is 18.8. The van der Waals surface area contributed by atoms with Gasteiger partial charge in [-0.25, -0.2) is 4.98 Å². The maximum atomic E-state index is 12.8. The van der Waals surface area contributed by atoms with Crippen LogP contribution in [0.1, 0.15) is 43.6 Å². The van der Waals surface area contributed by atoms with Crippen molar-refractivity contribution >= 4 is 23.2 Å². The predicted octanol–water partition coefficient (Wildman–Crippen LogP) is 5.80. The van der Waals surface area contributed by atoms with E-state index in [1.54, 1.807) is 18.2 Å². The summed E-state index contributed by atoms with van der Waals surface area (Å²) in [6.07, 6.45) is 5.01. The summed E-state index contributed by atoms with van der Waals surface area (Å²) >= 11 is 6.28. The minimum Gasteiger partial charge on any atom is -0.489 e. The van der Waals surface area contributed by atoms with Crippen molar-refractivity contribution in [3.05, 3.63) is 89.2 Å². The van der Waals surface area contributed by atoms with Gasteiger partial charge in [0.05, 0.1) is 16.8 Å². The summed E-state index contributed by atoms with van der Waals surface area (Å²) in [4.78, 5) is 17.5. The molecule has 0 saturated heterocycles. The average Bonchev–Trinajstić information content (AvgIpc) is 3.25. The third-order valence-electron chi connectivity index (χ3n) is 5.47. The Kier molecular flexibility index (Phi) is 8.90. The van der Waals surface area contributed by atoms with Crippen LogP contribution >= 0.6 is 11.6 Å². The van der Waals surface area contributed by atoms with Gasteiger partial charge in [0.2, 0.25) is 0 Å². The highest BCUT2D eigenvalue weighted by Crippen LogP contribution is 2.26. The molecular formula is C28H32ClN3O3. The number of aliphatic hydroxyl groups is 1. The molecule has 7 heteroatoms. The molecule has 0 bridgehead atoms. The van der Waals surface area contributed by atoms with Crippen LogP contribution in [0.5, 0.6) is 5.75 Å². The Morgan fingerprint density at radius 1 is 1.14 bits per heavy atom. The van der Waals surface area contributed by atoms with E-state index in [9.17, 15) is 9.90 Å². The Morgan fingerprint density at radius 3 is 2.57 bits per heavy atom. The fourth-order valence-corrected chi connectivity index (χ4v) is 4.04. The summed E-state index contributed by atoms with van der Waals surface area (Å²) in [5, 5.41) is 12.9. The van der Waals surface area contributed by atoms with Crippen LogP contribution < -0.4 is 10.1 Å². The normalized spacial score (nSPS) is 11.8. The van der Waals surface area contributed by atoms with Crippen molar-refractivity contribution in [3.63, 3.8) is 0 Å². The Bertz CT molecular complexity index is 1240. The number of carbonyl (C=O) groups excluding carboxylic acids is 1. The van der Waals surface area contributed by atoms with Gasteiger partial charge in [0.25, 0.3) is 5.91 Å². The number of carbonyl (C=O) groups is 1. The minimum atomic E-state index is -0.238. The van der Waals surface area contributed by atoms with Gasteiger partial charge in [-0.3, -0.25) is 4.79 Å². The molecule has 0 spiro atoms. The van der Waals surface area contributed by atoms with Crippen LogP contribution in [0.3, 0.4) is 0 Å². The first-order valence-electron chi connectivity index (χ1n) is 11.3. The molecule has 35 heavy (non-hydrogen) atoms. The van der Waals surface area contributed by atoms with Crippen molar-refractivity contribution in [2.24, 2.45) is 0 Å². The molecular weight excluding hydrogens is 462 g/mol. The SMILES string of the molecule is C.CC(C)Oc1ccc(C(=O)N[C@H](CCO)Cc2ccc(-c3cn4ccccc4n3)cc2)cc1Cl. The Hall–Kier alpha value is -3.35. The number of hydrogen-bond acceptors (Lipinski definition) is 4. The predicted molar refractivity (Wildman–Crippen MR) is 141 cm³/mol. The lowest BCUT2D eigenvalue weighted by Crippen LogP contribution is -2.37. The Balaban J connectivity index is 0.00000342. The second-order valence-corrected chi connectivity index (χ2v) is 8.89. The number of nitrogens with zero attached hydrogens (tertiary/aromatic N) is 2. The lowest BCUT2D eigenvalue weighted by Gasteiger charge is -2.19. The van der Waals surface area contributed by atoms with E-state index in [1.165, 1.54) is 0 Å². The zero-order chi connectivity index (χ0) is 24.1. The molecule has 2 N–H and O–H groups in total. The molecule has 2 aromatic heterocycles. The van der Waals surface area contributed by atoms with Gasteiger partial charge in [-0.05, 0) is 62.6 Å². The van der Waals surface area contributed by atoms with Crippen LogP contribution in [0, 0.1) is 0 Å². The minimum absolute atomic E-state index is 0. The fraction of sp³-hybridized carbons (Fsp3) is 0.286. The van der Waals surface area contributed by atoms with Gasteiger partial charge in [-0.1, -0.05) is 49.4 Å². The summed E-state index contributed by atoms with van der Waals surface area (Å²) in [7, 11) is 0. The average molecular weight is 494 g/mol. The highest BCUT2D eigenvalue weighted by Gasteiger charge is 2.16. The maximum Gasteiger partial charge on any atom is 0.251 e. The van der Waals surface area contributed by atoms with Gasteiger partial charge in [-0.15, -0.1) is 0 Å². The summed E-state index contributed by atoms with van der Waals surface area (Å²) in [5.41, 5.74) is 4.33. The Labute approximate surface area is 211 Å². The van der Waals surface area contributed by atoms with Crippen molar-refractivity contribution < 1.29 is 14.6 Å². The van der Waals surface area contributed by atoms with E-state index in [0.29, 0.717) is 29.2 Å². The molecule has 0 aliphatic rings. The second-order valence-electron chi connectivity index (χ2n) is 8.49. The first-order valence-corrected chi connectivity index (χ1v) is 11.7. The summed E-state index contributed by atoms with van der Waals surface area (Å²) < 4.78 is 7.62. The Morgan fingerprint density at radius 2 is 1.91 bits per heavy atom. The van der Waals surface area contributed by atoms with E-state index in [1.807, 2.05) is 73.1 Å². The number of rotatable bonds is 9. The monoisotopic (exact) mass is 493 g/mol. The van der Waals surface area contributed by atoms with E-state index in [4.69, 9.17) is 16.3 Å². The molecule has 184 valence electrons. The molecule has 0 saturated carbocycles. The van der Waals surface area contributed by atoms with E-state index in [2.05, 4.69) is 10.3 Å². The van der Waals surface area contributed by atoms with E-state index >= 15 is 0 Å². The molecule has 6 nitrogen and oxygen atoms in total. The van der Waals surface area contributed by atoms with E-state index in [-0.39, 0.29) is 32.1 Å². The second kappa shape index (κ2) is 11.9. The molecule has 0 aliphatic carbocycles. The maximum absolute atomic E-state index is 12.8. The first kappa shape index (κ1) is 26.3. The van der Waals surface area contributed by atoms with Gasteiger partial charge in [0, 0.05) is 36.2 Å². The van der Waals surface area contributed by atoms with Crippen LogP contribution in [0.2, 0.25) is 5.02 Å². The number of fused-ring (bicyclic) bond motifs is 1. The zero-order valence-corrected chi connectivity index (χ0v) is 20.0. The number of amides is 1. The number of hydrogen-bond donors (Lipinski definition) is 2. The first-order chi connectivity index (χ1) is 16.4. The highest BCUT2D eigenvalue weighted by atomic mass is 35.5. The lowest BCUT2D eigenvalue weighted by molar-refractivity contribution is 0.0930. The van der Waals surface area contributed by atoms with Crippen LogP contribution in [0.25, 0.3) is 16.9 Å². The van der Waals surface area contributed by atoms with Crippen molar-refractivity contribution in [1.82, 2.24) is 14.7 Å². The summed E-state index contributed by atoms with van der Waals surface area (Å²) in [5.74, 6) is 0.309. The number of imidazole rings is 1. The number of pyridine rings is 1. The molecule has 2 heterocycles. The molecule has 4 rings (SSSR count). The van der Waals surface area contributed by atoms with Gasteiger partial charge in [0.1, 0.15) is 11.4 Å². The van der Waals surface area contributed by atoms with Gasteiger partial charge in [-0.2, -0.15) is 0 Å². The van der Waals surface area contributed by atoms with Crippen molar-refractivity contribution in [1.29, 1.82) is 0 Å². The number of benzene rings is 2. The number of ether oxygens (including phenoxy) is 1. The molecule has 0 unspecified atom stereocenters. The smallest absolute Gasteiger partial charge is 0.251 e. The van der Waals surface area contributed by atoms with Crippen LogP contribution in [0.15, 0.2) is 73.1 Å². The van der Waals surface area contributed by atoms with E-state index in [0.717, 1.165) is 22.5 Å². The molecule has 1 amide bonds. The number of nitrogens with one attached hydrogen (secondary N) is 1. The molecule has 4 aromatic rings. The molecule has 0 fully saturated rings. The van der Waals surface area contributed by atoms with Crippen LogP contribution in [-0.4, -0.2) is 39.2 Å². The third-order valence-corrected chi connectivity index (χ3v) is 5.76. The molecule has 1 atom stereocenters. The van der Waals surface area contributed by atoms with Crippen LogP contribution in [-0.2, 0) is 6.42 Å². The number of aliphatic hydroxyl groups excluding tert-OH is 1.